The zero-order valence-electron chi connectivity index (χ0n) is 13.5. The van der Waals surface area contributed by atoms with Crippen molar-refractivity contribution in [3.05, 3.63) is 64.9 Å². The second-order valence-electron chi connectivity index (χ2n) is 5.98. The van der Waals surface area contributed by atoms with E-state index < -0.39 is 35.7 Å². The van der Waals surface area contributed by atoms with E-state index in [2.05, 4.69) is 10.3 Å². The molecule has 0 spiro atoms. The largest absolute Gasteiger partial charge is 0.437 e. The van der Waals surface area contributed by atoms with E-state index in [1.54, 1.807) is 0 Å². The lowest BCUT2D eigenvalue weighted by atomic mass is 9.77. The maximum absolute atomic E-state index is 13.7. The lowest BCUT2D eigenvalue weighted by Gasteiger charge is -2.45. The number of aromatic nitrogens is 1. The van der Waals surface area contributed by atoms with E-state index in [1.165, 1.54) is 47.9 Å². The summed E-state index contributed by atoms with van der Waals surface area (Å²) in [6.07, 6.45) is -2.88. The summed E-state index contributed by atoms with van der Waals surface area (Å²) in [4.78, 5) is 28.5. The van der Waals surface area contributed by atoms with Crippen molar-refractivity contribution in [1.82, 2.24) is 15.6 Å². The second kappa shape index (κ2) is 6.82. The molecular formula is C17H13ClF3N3O3. The number of nitrogens with zero attached hydrogens (tertiary/aromatic N) is 1. The SMILES string of the molecule is O=C1N[C@H](c2cccc(Cl)c2)[C@H](C(=O)c2cccnc2)[C@@](O)(C(F)(F)F)N1. The van der Waals surface area contributed by atoms with Gasteiger partial charge in [0.2, 0.25) is 5.72 Å². The number of ketones is 1. The predicted octanol–water partition coefficient (Wildman–Crippen LogP) is 2.84. The maximum atomic E-state index is 13.7. The fraction of sp³-hybridized carbons (Fsp3) is 0.235. The van der Waals surface area contributed by atoms with E-state index in [9.17, 15) is 27.9 Å². The first-order valence-corrected chi connectivity index (χ1v) is 8.09. The van der Waals surface area contributed by atoms with E-state index >= 15 is 0 Å². The van der Waals surface area contributed by atoms with Gasteiger partial charge in [0, 0.05) is 23.0 Å². The van der Waals surface area contributed by atoms with Crippen LogP contribution in [0, 0.1) is 5.92 Å². The van der Waals surface area contributed by atoms with Crippen LogP contribution in [-0.2, 0) is 0 Å². The van der Waals surface area contributed by atoms with Gasteiger partial charge in [0.05, 0.1) is 6.04 Å². The van der Waals surface area contributed by atoms with Crippen molar-refractivity contribution in [2.45, 2.75) is 17.9 Å². The molecule has 1 aliphatic heterocycles. The number of urea groups is 1. The van der Waals surface area contributed by atoms with E-state index in [-0.39, 0.29) is 16.1 Å². The summed E-state index contributed by atoms with van der Waals surface area (Å²) in [6, 6.07) is 5.58. The molecule has 0 unspecified atom stereocenters. The average Bonchev–Trinajstić information content (AvgIpc) is 2.60. The highest BCUT2D eigenvalue weighted by atomic mass is 35.5. The van der Waals surface area contributed by atoms with Gasteiger partial charge < -0.3 is 15.7 Å². The number of pyridine rings is 1. The Kier molecular flexibility index (Phi) is 4.83. The molecule has 3 N–H and O–H groups in total. The number of hydrogen-bond donors (Lipinski definition) is 3. The van der Waals surface area contributed by atoms with Crippen molar-refractivity contribution in [2.24, 2.45) is 5.92 Å². The molecule has 1 fully saturated rings. The van der Waals surface area contributed by atoms with Gasteiger partial charge in [0.1, 0.15) is 5.92 Å². The van der Waals surface area contributed by atoms with Crippen LogP contribution in [0.2, 0.25) is 5.02 Å². The van der Waals surface area contributed by atoms with Crippen LogP contribution in [0.4, 0.5) is 18.0 Å². The van der Waals surface area contributed by atoms with Crippen molar-refractivity contribution in [1.29, 1.82) is 0 Å². The molecule has 3 rings (SSSR count). The number of aliphatic hydroxyl groups is 1. The zero-order valence-corrected chi connectivity index (χ0v) is 14.3. The minimum absolute atomic E-state index is 0.141. The molecule has 10 heteroatoms. The first-order chi connectivity index (χ1) is 12.6. The average molecular weight is 400 g/mol. The summed E-state index contributed by atoms with van der Waals surface area (Å²) < 4.78 is 41.1. The quantitative estimate of drug-likeness (QED) is 0.692. The van der Waals surface area contributed by atoms with Gasteiger partial charge in [0.15, 0.2) is 5.78 Å². The molecule has 2 aromatic rings. The Morgan fingerprint density at radius 3 is 2.59 bits per heavy atom. The number of Topliss-reactive ketones (excluding diaryl/α,β-unsaturated/α-hetero) is 1. The number of carbonyl (C=O) groups excluding carboxylic acids is 2. The Bertz CT molecular complexity index is 878. The van der Waals surface area contributed by atoms with Gasteiger partial charge in [-0.2, -0.15) is 13.2 Å². The minimum atomic E-state index is -5.32. The van der Waals surface area contributed by atoms with Crippen LogP contribution in [0.1, 0.15) is 22.0 Å². The lowest BCUT2D eigenvalue weighted by molar-refractivity contribution is -0.287. The zero-order chi connectivity index (χ0) is 19.8. The molecule has 0 bridgehead atoms. The monoisotopic (exact) mass is 399 g/mol. The third kappa shape index (κ3) is 3.47. The third-order valence-electron chi connectivity index (χ3n) is 4.24. The van der Waals surface area contributed by atoms with Crippen LogP contribution in [0.5, 0.6) is 0 Å². The minimum Gasteiger partial charge on any atom is -0.363 e. The number of nitrogens with one attached hydrogen (secondary N) is 2. The summed E-state index contributed by atoms with van der Waals surface area (Å²) >= 11 is 5.90. The van der Waals surface area contributed by atoms with Crippen molar-refractivity contribution in [3.8, 4) is 0 Å². The Hall–Kier alpha value is -2.65. The molecule has 1 aliphatic rings. The number of amides is 2. The summed E-state index contributed by atoms with van der Waals surface area (Å²) in [7, 11) is 0. The first kappa shape index (κ1) is 19.1. The highest BCUT2D eigenvalue weighted by molar-refractivity contribution is 6.30. The summed E-state index contributed by atoms with van der Waals surface area (Å²) in [5.74, 6) is -3.15. The Morgan fingerprint density at radius 1 is 1.26 bits per heavy atom. The smallest absolute Gasteiger partial charge is 0.363 e. The Labute approximate surface area is 156 Å². The topological polar surface area (TPSA) is 91.3 Å². The Balaban J connectivity index is 2.17. The number of carbonyl (C=O) groups is 2. The molecule has 142 valence electrons. The normalized spacial score (nSPS) is 25.4. The number of rotatable bonds is 3. The number of hydrogen-bond acceptors (Lipinski definition) is 4. The molecular weight excluding hydrogens is 387 g/mol. The van der Waals surface area contributed by atoms with Crippen LogP contribution in [0.3, 0.4) is 0 Å². The van der Waals surface area contributed by atoms with Gasteiger partial charge >= 0.3 is 12.2 Å². The molecule has 2 heterocycles. The molecule has 0 saturated carbocycles. The highest BCUT2D eigenvalue weighted by Gasteiger charge is 2.66. The van der Waals surface area contributed by atoms with Crippen LogP contribution in [0.15, 0.2) is 48.8 Å². The van der Waals surface area contributed by atoms with E-state index in [0.717, 1.165) is 6.20 Å². The van der Waals surface area contributed by atoms with Crippen LogP contribution in [0.25, 0.3) is 0 Å². The van der Waals surface area contributed by atoms with Crippen LogP contribution >= 0.6 is 11.6 Å². The molecule has 27 heavy (non-hydrogen) atoms. The molecule has 2 amide bonds. The molecule has 1 aromatic carbocycles. The molecule has 3 atom stereocenters. The number of halogens is 4. The number of alkyl halides is 3. The highest BCUT2D eigenvalue weighted by Crippen LogP contribution is 2.44. The van der Waals surface area contributed by atoms with Gasteiger partial charge in [-0.1, -0.05) is 23.7 Å². The van der Waals surface area contributed by atoms with E-state index in [1.807, 2.05) is 0 Å². The molecule has 6 nitrogen and oxygen atoms in total. The van der Waals surface area contributed by atoms with Crippen molar-refractivity contribution in [3.63, 3.8) is 0 Å². The summed E-state index contributed by atoms with van der Waals surface area (Å²) in [5.41, 5.74) is -3.78. The third-order valence-corrected chi connectivity index (χ3v) is 4.48. The van der Waals surface area contributed by atoms with Crippen molar-refractivity contribution < 1.29 is 27.9 Å². The van der Waals surface area contributed by atoms with Crippen LogP contribution < -0.4 is 10.6 Å². The summed E-state index contributed by atoms with van der Waals surface area (Å²) in [6.45, 7) is 0. The fourth-order valence-electron chi connectivity index (χ4n) is 3.00. The van der Waals surface area contributed by atoms with Gasteiger partial charge in [-0.05, 0) is 29.8 Å². The van der Waals surface area contributed by atoms with E-state index in [4.69, 9.17) is 11.6 Å². The Morgan fingerprint density at radius 2 is 2.00 bits per heavy atom. The number of benzene rings is 1. The van der Waals surface area contributed by atoms with Gasteiger partial charge in [0.25, 0.3) is 0 Å². The maximum Gasteiger partial charge on any atom is 0.437 e. The lowest BCUT2D eigenvalue weighted by Crippen LogP contribution is -2.72. The molecule has 0 radical (unpaired) electrons. The summed E-state index contributed by atoms with van der Waals surface area (Å²) in [5, 5.41) is 14.3. The molecule has 1 saturated heterocycles. The predicted molar refractivity (Wildman–Crippen MR) is 88.9 cm³/mol. The van der Waals surface area contributed by atoms with Gasteiger partial charge in [-0.15, -0.1) is 0 Å². The molecule has 1 aromatic heterocycles. The van der Waals surface area contributed by atoms with Gasteiger partial charge in [-0.25, -0.2) is 4.79 Å². The van der Waals surface area contributed by atoms with Gasteiger partial charge in [-0.3, -0.25) is 9.78 Å². The van der Waals surface area contributed by atoms with Crippen molar-refractivity contribution >= 4 is 23.4 Å². The molecule has 0 aliphatic carbocycles. The second-order valence-corrected chi connectivity index (χ2v) is 6.42. The van der Waals surface area contributed by atoms with E-state index in [0.29, 0.717) is 0 Å². The standard InChI is InChI=1S/C17H13ClF3N3O3/c18-11-5-1-3-9(7-11)13-12(14(25)10-4-2-6-22-8-10)16(27,17(19,20)21)24-15(26)23-13/h1-8,12-13,27H,(H2,23,24,26)/t12-,13-,16-/m1/s1. The van der Waals surface area contributed by atoms with Crippen molar-refractivity contribution in [2.75, 3.05) is 0 Å². The first-order valence-electron chi connectivity index (χ1n) is 7.71. The fourth-order valence-corrected chi connectivity index (χ4v) is 3.20. The van der Waals surface area contributed by atoms with Crippen LogP contribution in [-0.4, -0.2) is 33.8 Å².